The SMILES string of the molecule is Cc1cc(OCc2nc(-c3ccc(-c4ccccc4)cc3)c(-c3cccnc3)s2)ccc1OCC(=O)O. The number of hydrogen-bond acceptors (Lipinski definition) is 6. The van der Waals surface area contributed by atoms with Crippen molar-refractivity contribution in [2.24, 2.45) is 0 Å². The Bertz CT molecular complexity index is 1500. The van der Waals surface area contributed by atoms with Gasteiger partial charge in [0.05, 0.1) is 10.6 Å². The molecule has 5 rings (SSSR count). The van der Waals surface area contributed by atoms with Gasteiger partial charge in [-0.3, -0.25) is 4.98 Å². The van der Waals surface area contributed by atoms with Gasteiger partial charge in [0.25, 0.3) is 0 Å². The molecule has 5 aromatic rings. The molecule has 37 heavy (non-hydrogen) atoms. The number of aromatic nitrogens is 2. The lowest BCUT2D eigenvalue weighted by molar-refractivity contribution is -0.139. The van der Waals surface area contributed by atoms with E-state index in [1.54, 1.807) is 29.7 Å². The highest BCUT2D eigenvalue weighted by Gasteiger charge is 2.16. The molecule has 2 heterocycles. The molecule has 1 N–H and O–H groups in total. The second-order valence-electron chi connectivity index (χ2n) is 8.37. The Hall–Kier alpha value is -4.49. The van der Waals surface area contributed by atoms with Gasteiger partial charge in [-0.15, -0.1) is 11.3 Å². The number of pyridine rings is 1. The van der Waals surface area contributed by atoms with Crippen LogP contribution in [0.4, 0.5) is 0 Å². The van der Waals surface area contributed by atoms with E-state index in [1.165, 1.54) is 5.56 Å². The number of thiazole rings is 1. The van der Waals surface area contributed by atoms with Crippen molar-refractivity contribution in [3.05, 3.63) is 108 Å². The normalized spacial score (nSPS) is 10.7. The lowest BCUT2D eigenvalue weighted by Gasteiger charge is -2.09. The minimum atomic E-state index is -1.02. The molecule has 0 amide bonds. The summed E-state index contributed by atoms with van der Waals surface area (Å²) in [4.78, 5) is 21.0. The van der Waals surface area contributed by atoms with Gasteiger partial charge in [-0.05, 0) is 47.9 Å². The molecular weight excluding hydrogens is 484 g/mol. The number of carbonyl (C=O) groups is 1. The summed E-state index contributed by atoms with van der Waals surface area (Å²) in [5, 5.41) is 9.66. The summed E-state index contributed by atoms with van der Waals surface area (Å²) in [6, 6.07) is 28.0. The number of ether oxygens (including phenoxy) is 2. The fourth-order valence-electron chi connectivity index (χ4n) is 3.92. The highest BCUT2D eigenvalue weighted by molar-refractivity contribution is 7.15. The third-order valence-corrected chi connectivity index (χ3v) is 6.80. The van der Waals surface area contributed by atoms with E-state index < -0.39 is 5.97 Å². The molecule has 0 bridgehead atoms. The molecule has 0 aliphatic rings. The molecule has 0 aliphatic carbocycles. The molecule has 184 valence electrons. The number of rotatable bonds is 9. The van der Waals surface area contributed by atoms with E-state index >= 15 is 0 Å². The van der Waals surface area contributed by atoms with E-state index in [1.807, 2.05) is 49.5 Å². The minimum Gasteiger partial charge on any atom is -0.486 e. The Labute approximate surface area is 218 Å². The number of carboxylic acids is 1. The van der Waals surface area contributed by atoms with Crippen LogP contribution in [0, 0.1) is 6.92 Å². The van der Waals surface area contributed by atoms with E-state index in [4.69, 9.17) is 19.6 Å². The minimum absolute atomic E-state index is 0.300. The first-order chi connectivity index (χ1) is 18.1. The van der Waals surface area contributed by atoms with Gasteiger partial charge in [-0.2, -0.15) is 0 Å². The van der Waals surface area contributed by atoms with E-state index in [0.29, 0.717) is 18.1 Å². The van der Waals surface area contributed by atoms with Gasteiger partial charge in [0.2, 0.25) is 0 Å². The van der Waals surface area contributed by atoms with Crippen molar-refractivity contribution in [1.82, 2.24) is 9.97 Å². The molecular formula is C30H24N2O4S. The van der Waals surface area contributed by atoms with Crippen molar-refractivity contribution in [3.63, 3.8) is 0 Å². The van der Waals surface area contributed by atoms with Crippen LogP contribution in [0.25, 0.3) is 32.8 Å². The molecule has 0 aliphatic heterocycles. The molecule has 2 aromatic heterocycles. The molecule has 0 saturated heterocycles. The first kappa shape index (κ1) is 24.2. The zero-order valence-corrected chi connectivity index (χ0v) is 20.9. The Kier molecular flexibility index (Phi) is 7.23. The van der Waals surface area contributed by atoms with Gasteiger partial charge in [-0.1, -0.05) is 60.7 Å². The maximum Gasteiger partial charge on any atom is 0.341 e. The number of benzene rings is 3. The van der Waals surface area contributed by atoms with Crippen LogP contribution in [0.3, 0.4) is 0 Å². The van der Waals surface area contributed by atoms with Gasteiger partial charge in [-0.25, -0.2) is 9.78 Å². The first-order valence-corrected chi connectivity index (χ1v) is 12.5. The molecule has 7 heteroatoms. The predicted octanol–water partition coefficient (Wildman–Crippen LogP) is 6.89. The first-order valence-electron chi connectivity index (χ1n) is 11.7. The van der Waals surface area contributed by atoms with Crippen LogP contribution in [-0.2, 0) is 11.4 Å². The Morgan fingerprint density at radius 1 is 0.865 bits per heavy atom. The quantitative estimate of drug-likeness (QED) is 0.233. The highest BCUT2D eigenvalue weighted by atomic mass is 32.1. The zero-order valence-electron chi connectivity index (χ0n) is 20.1. The Balaban J connectivity index is 1.39. The lowest BCUT2D eigenvalue weighted by atomic mass is 10.0. The van der Waals surface area contributed by atoms with E-state index in [2.05, 4.69) is 41.4 Å². The topological polar surface area (TPSA) is 81.5 Å². The zero-order chi connectivity index (χ0) is 25.6. The molecule has 6 nitrogen and oxygen atoms in total. The van der Waals surface area contributed by atoms with Gasteiger partial charge in [0.15, 0.2) is 6.61 Å². The summed E-state index contributed by atoms with van der Waals surface area (Å²) >= 11 is 1.58. The average Bonchev–Trinajstić information content (AvgIpc) is 3.37. The van der Waals surface area contributed by atoms with Crippen molar-refractivity contribution in [1.29, 1.82) is 0 Å². The summed E-state index contributed by atoms with van der Waals surface area (Å²) in [5.74, 6) is 0.162. The summed E-state index contributed by atoms with van der Waals surface area (Å²) in [6.45, 7) is 1.77. The van der Waals surface area contributed by atoms with Crippen LogP contribution in [0.2, 0.25) is 0 Å². The number of aliphatic carboxylic acids is 1. The molecule has 0 fully saturated rings. The maximum absolute atomic E-state index is 10.8. The number of nitrogens with zero attached hydrogens (tertiary/aromatic N) is 2. The van der Waals surface area contributed by atoms with Crippen LogP contribution >= 0.6 is 11.3 Å². The molecule has 0 saturated carbocycles. The monoisotopic (exact) mass is 508 g/mol. The largest absolute Gasteiger partial charge is 0.486 e. The summed E-state index contributed by atoms with van der Waals surface area (Å²) < 4.78 is 11.3. The van der Waals surface area contributed by atoms with E-state index in [9.17, 15) is 4.79 Å². The lowest BCUT2D eigenvalue weighted by Crippen LogP contribution is -2.10. The summed E-state index contributed by atoms with van der Waals surface area (Å²) in [6.07, 6.45) is 3.61. The predicted molar refractivity (Wildman–Crippen MR) is 145 cm³/mol. The molecule has 0 atom stereocenters. The maximum atomic E-state index is 10.8. The van der Waals surface area contributed by atoms with Crippen molar-refractivity contribution in [3.8, 4) is 44.3 Å². The number of carboxylic acid groups (broad SMARTS) is 1. The van der Waals surface area contributed by atoms with Gasteiger partial charge in [0.1, 0.15) is 23.1 Å². The Morgan fingerprint density at radius 3 is 2.30 bits per heavy atom. The van der Waals surface area contributed by atoms with Crippen molar-refractivity contribution >= 4 is 17.3 Å². The van der Waals surface area contributed by atoms with Crippen molar-refractivity contribution in [2.45, 2.75) is 13.5 Å². The number of aryl methyl sites for hydroxylation is 1. The number of hydrogen-bond donors (Lipinski definition) is 1. The standard InChI is InChI=1S/C30H24N2O4S/c1-20-16-25(13-14-26(20)36-19-28(33)34)35-18-27-32-29(30(37-27)24-8-5-15-31-17-24)23-11-9-22(10-12-23)21-6-3-2-4-7-21/h2-17H,18-19H2,1H3,(H,33,34). The van der Waals surface area contributed by atoms with Crippen LogP contribution in [0.5, 0.6) is 11.5 Å². The second-order valence-corrected chi connectivity index (χ2v) is 9.45. The summed E-state index contributed by atoms with van der Waals surface area (Å²) in [5.41, 5.74) is 6.04. The van der Waals surface area contributed by atoms with Crippen LogP contribution < -0.4 is 9.47 Å². The van der Waals surface area contributed by atoms with Crippen molar-refractivity contribution < 1.29 is 19.4 Å². The van der Waals surface area contributed by atoms with Crippen molar-refractivity contribution in [2.75, 3.05) is 6.61 Å². The third-order valence-electron chi connectivity index (χ3n) is 5.72. The second kappa shape index (κ2) is 11.1. The highest BCUT2D eigenvalue weighted by Crippen LogP contribution is 2.37. The van der Waals surface area contributed by atoms with Gasteiger partial charge < -0.3 is 14.6 Å². The fraction of sp³-hybridized carbons (Fsp3) is 0.100. The Morgan fingerprint density at radius 2 is 1.59 bits per heavy atom. The van der Waals surface area contributed by atoms with E-state index in [-0.39, 0.29) is 6.61 Å². The third kappa shape index (κ3) is 5.85. The van der Waals surface area contributed by atoms with E-state index in [0.717, 1.165) is 37.8 Å². The average molecular weight is 509 g/mol. The molecule has 3 aromatic carbocycles. The van der Waals surface area contributed by atoms with Crippen LogP contribution in [0.15, 0.2) is 97.3 Å². The molecule has 0 unspecified atom stereocenters. The summed E-state index contributed by atoms with van der Waals surface area (Å²) in [7, 11) is 0. The fourth-order valence-corrected chi connectivity index (χ4v) is 4.91. The van der Waals surface area contributed by atoms with Gasteiger partial charge >= 0.3 is 5.97 Å². The van der Waals surface area contributed by atoms with Crippen LogP contribution in [0.1, 0.15) is 10.6 Å². The van der Waals surface area contributed by atoms with Gasteiger partial charge in [0, 0.05) is 23.5 Å². The van der Waals surface area contributed by atoms with Crippen LogP contribution in [-0.4, -0.2) is 27.7 Å². The molecule has 0 radical (unpaired) electrons. The molecule has 0 spiro atoms. The smallest absolute Gasteiger partial charge is 0.341 e.